The van der Waals surface area contributed by atoms with Gasteiger partial charge in [-0.1, -0.05) is 37.3 Å². The fourth-order valence-electron chi connectivity index (χ4n) is 6.45. The van der Waals surface area contributed by atoms with Crippen molar-refractivity contribution in [2.45, 2.75) is 69.7 Å². The highest BCUT2D eigenvalue weighted by Gasteiger charge is 2.57. The molecular weight excluding hydrogens is 514 g/mol. The smallest absolute Gasteiger partial charge is 0.412 e. The third kappa shape index (κ3) is 4.32. The molecule has 1 aliphatic carbocycles. The van der Waals surface area contributed by atoms with Crippen LogP contribution in [-0.2, 0) is 22.0 Å². The van der Waals surface area contributed by atoms with Gasteiger partial charge < -0.3 is 9.52 Å². The molecule has 3 aromatic rings. The van der Waals surface area contributed by atoms with Crippen LogP contribution in [0.5, 0.6) is 0 Å². The first-order chi connectivity index (χ1) is 17.9. The van der Waals surface area contributed by atoms with Gasteiger partial charge in [0.1, 0.15) is 22.6 Å². The number of aromatic nitrogens is 1. The summed E-state index contributed by atoms with van der Waals surface area (Å²) in [6, 6.07) is 10.7. The van der Waals surface area contributed by atoms with E-state index in [9.17, 15) is 18.3 Å². The summed E-state index contributed by atoms with van der Waals surface area (Å²) in [5.41, 5.74) is -0.636. The molecule has 2 aromatic carbocycles. The van der Waals surface area contributed by atoms with Crippen LogP contribution < -0.4 is 5.76 Å². The minimum absolute atomic E-state index is 0.0206. The number of aryl methyl sites for hydroxylation is 1. The van der Waals surface area contributed by atoms with E-state index in [0.29, 0.717) is 24.1 Å². The summed E-state index contributed by atoms with van der Waals surface area (Å²) in [6.45, 7) is 4.79. The molecule has 5 rings (SSSR count). The van der Waals surface area contributed by atoms with Gasteiger partial charge in [-0.25, -0.2) is 22.0 Å². The van der Waals surface area contributed by atoms with Crippen molar-refractivity contribution in [2.75, 3.05) is 6.61 Å². The van der Waals surface area contributed by atoms with Gasteiger partial charge in [0, 0.05) is 30.3 Å². The van der Waals surface area contributed by atoms with Gasteiger partial charge >= 0.3 is 5.76 Å². The lowest BCUT2D eigenvalue weighted by atomic mass is 9.50. The molecule has 0 radical (unpaired) electrons. The number of aliphatic hydroxyl groups is 1. The van der Waals surface area contributed by atoms with E-state index in [0.717, 1.165) is 12.1 Å². The summed E-state index contributed by atoms with van der Waals surface area (Å²) in [7, 11) is -3.83. The standard InChI is InChI=1S/C28H32F2N2O5S/c1-17-9-10-24(19-7-5-4-6-8-19)38(35,36)32(17)13-20-11-23(30)21(12-22(20)29)28(14-27(3,15-28)16-33)25-18(2)31-26(34)37-25/h4-8,11-12,17,24,33H,9-10,13-16H2,1-3H3,(H,31,34)/t17-,24?,27?,28?/m0/s1. The van der Waals surface area contributed by atoms with Gasteiger partial charge in [-0.2, -0.15) is 4.31 Å². The van der Waals surface area contributed by atoms with Crippen molar-refractivity contribution in [3.05, 3.63) is 92.8 Å². The fourth-order valence-corrected chi connectivity index (χ4v) is 8.64. The summed E-state index contributed by atoms with van der Waals surface area (Å²) in [5.74, 6) is -1.92. The highest BCUT2D eigenvalue weighted by Crippen LogP contribution is 2.59. The summed E-state index contributed by atoms with van der Waals surface area (Å²) < 4.78 is 65.2. The molecule has 2 atom stereocenters. The molecule has 0 amide bonds. The van der Waals surface area contributed by atoms with Crippen molar-refractivity contribution in [2.24, 2.45) is 5.41 Å². The second-order valence-corrected chi connectivity index (χ2v) is 13.3. The second kappa shape index (κ2) is 9.43. The number of H-pyrrole nitrogens is 1. The highest BCUT2D eigenvalue weighted by atomic mass is 32.2. The van der Waals surface area contributed by atoms with E-state index in [-0.39, 0.29) is 48.9 Å². The van der Waals surface area contributed by atoms with Crippen molar-refractivity contribution in [1.82, 2.24) is 9.29 Å². The SMILES string of the molecule is Cc1[nH]c(=O)oc1C1(c2cc(F)c(CN3[C@@H](C)CCC(c4ccccc4)S3(=O)=O)cc2F)CC(C)(CO)C1. The number of oxazole rings is 1. The Hall–Kier alpha value is -2.82. The van der Waals surface area contributed by atoms with Crippen LogP contribution in [-0.4, -0.2) is 35.5 Å². The number of hydrogen-bond acceptors (Lipinski definition) is 5. The van der Waals surface area contributed by atoms with E-state index in [2.05, 4.69) is 4.98 Å². The van der Waals surface area contributed by atoms with E-state index in [1.54, 1.807) is 38.1 Å². The zero-order valence-corrected chi connectivity index (χ0v) is 22.4. The topological polar surface area (TPSA) is 104 Å². The maximum absolute atomic E-state index is 15.8. The van der Waals surface area contributed by atoms with E-state index < -0.39 is 43.5 Å². The predicted molar refractivity (Wildman–Crippen MR) is 138 cm³/mol. The second-order valence-electron chi connectivity index (χ2n) is 11.2. The molecule has 2 aliphatic rings. The molecule has 7 nitrogen and oxygen atoms in total. The lowest BCUT2D eigenvalue weighted by Gasteiger charge is -2.53. The van der Waals surface area contributed by atoms with Gasteiger partial charge in [0.2, 0.25) is 10.0 Å². The molecule has 0 spiro atoms. The Morgan fingerprint density at radius 3 is 2.42 bits per heavy atom. The number of sulfonamides is 1. The van der Waals surface area contributed by atoms with E-state index in [1.165, 1.54) is 4.31 Å². The number of benzene rings is 2. The molecule has 2 heterocycles. The number of halogens is 2. The van der Waals surface area contributed by atoms with Crippen LogP contribution in [0.25, 0.3) is 0 Å². The first-order valence-corrected chi connectivity index (χ1v) is 14.3. The van der Waals surface area contributed by atoms with Crippen LogP contribution in [0.3, 0.4) is 0 Å². The van der Waals surface area contributed by atoms with E-state index in [1.807, 2.05) is 13.0 Å². The monoisotopic (exact) mass is 546 g/mol. The van der Waals surface area contributed by atoms with Crippen LogP contribution in [0.2, 0.25) is 0 Å². The zero-order chi connectivity index (χ0) is 27.5. The molecule has 0 bridgehead atoms. The highest BCUT2D eigenvalue weighted by molar-refractivity contribution is 7.89. The Kier molecular flexibility index (Phi) is 6.64. The summed E-state index contributed by atoms with van der Waals surface area (Å²) >= 11 is 0. The Balaban J connectivity index is 1.51. The largest absolute Gasteiger partial charge is 0.416 e. The van der Waals surface area contributed by atoms with Crippen molar-refractivity contribution in [3.63, 3.8) is 0 Å². The molecule has 1 saturated carbocycles. The molecule has 2 N–H and O–H groups in total. The minimum atomic E-state index is -3.83. The molecule has 1 aliphatic heterocycles. The third-order valence-electron chi connectivity index (χ3n) is 8.27. The maximum Gasteiger partial charge on any atom is 0.416 e. The zero-order valence-electron chi connectivity index (χ0n) is 21.6. The van der Waals surface area contributed by atoms with Gasteiger partial charge in [0.05, 0.1) is 11.1 Å². The van der Waals surface area contributed by atoms with Crippen LogP contribution in [0.1, 0.15) is 72.9 Å². The molecule has 1 saturated heterocycles. The average molecular weight is 547 g/mol. The van der Waals surface area contributed by atoms with Crippen molar-refractivity contribution in [3.8, 4) is 0 Å². The lowest BCUT2D eigenvalue weighted by Crippen LogP contribution is -2.51. The molecule has 204 valence electrons. The van der Waals surface area contributed by atoms with E-state index in [4.69, 9.17) is 4.42 Å². The summed E-state index contributed by atoms with van der Waals surface area (Å²) in [5, 5.41) is 9.09. The normalized spacial score (nSPS) is 29.2. The first-order valence-electron chi connectivity index (χ1n) is 12.8. The number of hydrogen-bond donors (Lipinski definition) is 2. The van der Waals surface area contributed by atoms with Crippen LogP contribution in [0, 0.1) is 24.0 Å². The van der Waals surface area contributed by atoms with Crippen molar-refractivity contribution in [1.29, 1.82) is 0 Å². The van der Waals surface area contributed by atoms with Gasteiger partial charge in [-0.3, -0.25) is 4.98 Å². The van der Waals surface area contributed by atoms with Gasteiger partial charge in [-0.15, -0.1) is 0 Å². The van der Waals surface area contributed by atoms with Crippen molar-refractivity contribution < 1.29 is 26.7 Å². The quantitative estimate of drug-likeness (QED) is 0.467. The van der Waals surface area contributed by atoms with E-state index >= 15 is 8.78 Å². The molecular formula is C28H32F2N2O5S. The Morgan fingerprint density at radius 1 is 1.13 bits per heavy atom. The number of nitrogens with one attached hydrogen (secondary N) is 1. The predicted octanol–water partition coefficient (Wildman–Crippen LogP) is 4.69. The fraction of sp³-hybridized carbons (Fsp3) is 0.464. The Morgan fingerprint density at radius 2 is 1.82 bits per heavy atom. The first kappa shape index (κ1) is 26.8. The van der Waals surface area contributed by atoms with Crippen molar-refractivity contribution >= 4 is 10.0 Å². The number of rotatable bonds is 6. The van der Waals surface area contributed by atoms with Gasteiger partial charge in [-0.05, 0) is 62.6 Å². The van der Waals surface area contributed by atoms with Gasteiger partial charge in [0.25, 0.3) is 0 Å². The average Bonchev–Trinajstić information content (AvgIpc) is 3.19. The third-order valence-corrected chi connectivity index (χ3v) is 10.6. The summed E-state index contributed by atoms with van der Waals surface area (Å²) in [4.78, 5) is 14.5. The van der Waals surface area contributed by atoms with Crippen LogP contribution in [0.4, 0.5) is 8.78 Å². The number of aromatic amines is 1. The lowest BCUT2D eigenvalue weighted by molar-refractivity contribution is -0.00550. The van der Waals surface area contributed by atoms with Crippen LogP contribution in [0.15, 0.2) is 51.7 Å². The van der Waals surface area contributed by atoms with Crippen LogP contribution >= 0.6 is 0 Å². The molecule has 2 fully saturated rings. The number of aliphatic hydroxyl groups excluding tert-OH is 1. The molecule has 1 aromatic heterocycles. The minimum Gasteiger partial charge on any atom is -0.412 e. The molecule has 38 heavy (non-hydrogen) atoms. The number of nitrogens with zero attached hydrogens (tertiary/aromatic N) is 1. The summed E-state index contributed by atoms with van der Waals surface area (Å²) in [6.07, 6.45) is 1.55. The Bertz CT molecular complexity index is 1510. The molecule has 1 unspecified atom stereocenters. The molecule has 10 heteroatoms. The Labute approximate surface area is 220 Å². The maximum atomic E-state index is 15.8. The van der Waals surface area contributed by atoms with Gasteiger partial charge in [0.15, 0.2) is 0 Å².